The zero-order valence-electron chi connectivity index (χ0n) is 16.3. The van der Waals surface area contributed by atoms with Crippen LogP contribution in [0, 0.1) is 17.8 Å². The highest BCUT2D eigenvalue weighted by Gasteiger charge is 2.51. The average molecular weight is 376 g/mol. The molecule has 0 atom stereocenters. The maximum Gasteiger partial charge on any atom is 0.228 e. The van der Waals surface area contributed by atoms with Crippen LogP contribution in [0.2, 0.25) is 0 Å². The highest BCUT2D eigenvalue weighted by atomic mass is 16.1. The van der Waals surface area contributed by atoms with Gasteiger partial charge in [0.2, 0.25) is 5.91 Å². The van der Waals surface area contributed by atoms with E-state index in [9.17, 15) is 4.79 Å². The van der Waals surface area contributed by atoms with Crippen LogP contribution in [-0.2, 0) is 11.2 Å². The minimum Gasteiger partial charge on any atom is -0.399 e. The van der Waals surface area contributed by atoms with E-state index in [1.807, 2.05) is 36.4 Å². The summed E-state index contributed by atoms with van der Waals surface area (Å²) >= 11 is 0. The first kappa shape index (κ1) is 17.6. The number of benzene rings is 2. The van der Waals surface area contributed by atoms with Gasteiger partial charge in [0.25, 0.3) is 0 Å². The van der Waals surface area contributed by atoms with E-state index in [2.05, 4.69) is 22.8 Å². The highest BCUT2D eigenvalue weighted by Crippen LogP contribution is 2.56. The molecule has 0 aliphatic heterocycles. The maximum atomic E-state index is 12.6. The predicted molar refractivity (Wildman–Crippen MR) is 114 cm³/mol. The van der Waals surface area contributed by atoms with Crippen LogP contribution in [0.4, 0.5) is 17.1 Å². The summed E-state index contributed by atoms with van der Waals surface area (Å²) in [6.07, 6.45) is 8.50. The minimum absolute atomic E-state index is 0.00420. The minimum atomic E-state index is 0.00420. The highest BCUT2D eigenvalue weighted by molar-refractivity contribution is 5.95. The smallest absolute Gasteiger partial charge is 0.228 e. The van der Waals surface area contributed by atoms with E-state index in [1.165, 1.54) is 38.5 Å². The van der Waals surface area contributed by atoms with Crippen molar-refractivity contribution in [2.24, 2.45) is 17.8 Å². The quantitative estimate of drug-likeness (QED) is 0.656. The molecule has 2 aromatic rings. The maximum absolute atomic E-state index is 12.6. The van der Waals surface area contributed by atoms with Crippen molar-refractivity contribution in [2.45, 2.75) is 50.5 Å². The summed E-state index contributed by atoms with van der Waals surface area (Å²) in [6.45, 7) is 0. The van der Waals surface area contributed by atoms with Crippen LogP contribution in [0.5, 0.6) is 0 Å². The normalized spacial score (nSPS) is 30.2. The van der Waals surface area contributed by atoms with Crippen molar-refractivity contribution in [3.8, 4) is 0 Å². The lowest BCUT2D eigenvalue weighted by molar-refractivity contribution is -0.115. The molecule has 6 rings (SSSR count). The Morgan fingerprint density at radius 2 is 1.46 bits per heavy atom. The van der Waals surface area contributed by atoms with Crippen molar-refractivity contribution in [1.29, 1.82) is 0 Å². The molecular formula is C24H29N3O. The number of rotatable bonds is 5. The van der Waals surface area contributed by atoms with Gasteiger partial charge in [-0.2, -0.15) is 0 Å². The van der Waals surface area contributed by atoms with Gasteiger partial charge in [-0.15, -0.1) is 0 Å². The lowest BCUT2D eigenvalue weighted by Gasteiger charge is -2.57. The third-order valence-corrected chi connectivity index (χ3v) is 6.98. The van der Waals surface area contributed by atoms with Crippen molar-refractivity contribution in [3.63, 3.8) is 0 Å². The van der Waals surface area contributed by atoms with Crippen molar-refractivity contribution in [2.75, 3.05) is 16.4 Å². The van der Waals surface area contributed by atoms with Gasteiger partial charge in [-0.25, -0.2) is 0 Å². The number of hydrogen-bond acceptors (Lipinski definition) is 3. The Hall–Kier alpha value is -2.49. The number of nitrogens with one attached hydrogen (secondary N) is 2. The molecule has 4 aliphatic carbocycles. The molecule has 4 fully saturated rings. The Kier molecular flexibility index (Phi) is 4.30. The average Bonchev–Trinajstić information content (AvgIpc) is 2.64. The van der Waals surface area contributed by atoms with E-state index < -0.39 is 0 Å². The summed E-state index contributed by atoms with van der Waals surface area (Å²) in [7, 11) is 0. The van der Waals surface area contributed by atoms with Gasteiger partial charge in [0, 0.05) is 11.2 Å². The fourth-order valence-electron chi connectivity index (χ4n) is 6.27. The van der Waals surface area contributed by atoms with Crippen molar-refractivity contribution in [3.05, 3.63) is 54.1 Å². The molecule has 0 aromatic heterocycles. The van der Waals surface area contributed by atoms with Gasteiger partial charge in [-0.3, -0.25) is 4.79 Å². The molecule has 4 bridgehead atoms. The lowest BCUT2D eigenvalue weighted by atomic mass is 9.53. The molecule has 0 saturated heterocycles. The van der Waals surface area contributed by atoms with Gasteiger partial charge < -0.3 is 16.4 Å². The number of para-hydroxylation sites is 2. The molecule has 0 heterocycles. The number of hydrogen-bond donors (Lipinski definition) is 3. The number of anilines is 3. The molecule has 0 spiro atoms. The molecule has 0 unspecified atom stereocenters. The summed E-state index contributed by atoms with van der Waals surface area (Å²) in [4.78, 5) is 12.6. The fraction of sp³-hybridized carbons (Fsp3) is 0.458. The standard InChI is InChI=1S/C24H29N3O/c25-20-7-5-16(6-8-20)12-23(28)26-21-3-1-2-4-22(21)27-24-13-17-9-18(14-24)11-19(10-17)15-24/h1-8,17-19,27H,9-15,25H2,(H,26,28). The first-order valence-corrected chi connectivity index (χ1v) is 10.6. The first-order chi connectivity index (χ1) is 13.6. The molecule has 0 radical (unpaired) electrons. The van der Waals surface area contributed by atoms with E-state index in [4.69, 9.17) is 5.73 Å². The van der Waals surface area contributed by atoms with Gasteiger partial charge in [0.15, 0.2) is 0 Å². The van der Waals surface area contributed by atoms with E-state index >= 15 is 0 Å². The third-order valence-electron chi connectivity index (χ3n) is 6.98. The second kappa shape index (κ2) is 6.84. The van der Waals surface area contributed by atoms with Crippen molar-refractivity contribution < 1.29 is 4.79 Å². The van der Waals surface area contributed by atoms with Crippen LogP contribution in [0.25, 0.3) is 0 Å². The zero-order chi connectivity index (χ0) is 19.1. The van der Waals surface area contributed by atoms with E-state index in [0.29, 0.717) is 12.1 Å². The zero-order valence-corrected chi connectivity index (χ0v) is 16.3. The molecule has 1 amide bonds. The van der Waals surface area contributed by atoms with Crippen LogP contribution in [0.1, 0.15) is 44.1 Å². The molecule has 2 aromatic carbocycles. The Labute approximate surface area is 166 Å². The number of carbonyl (C=O) groups excluding carboxylic acids is 1. The molecule has 4 aliphatic rings. The number of nitrogens with two attached hydrogens (primary N) is 1. The molecule has 4 N–H and O–H groups in total. The van der Waals surface area contributed by atoms with Crippen LogP contribution >= 0.6 is 0 Å². The van der Waals surface area contributed by atoms with Crippen LogP contribution in [0.15, 0.2) is 48.5 Å². The van der Waals surface area contributed by atoms with Gasteiger partial charge >= 0.3 is 0 Å². The molecule has 4 heteroatoms. The van der Waals surface area contributed by atoms with Gasteiger partial charge in [-0.05, 0) is 86.1 Å². The Balaban J connectivity index is 1.30. The summed E-state index contributed by atoms with van der Waals surface area (Å²) < 4.78 is 0. The fourth-order valence-corrected chi connectivity index (χ4v) is 6.27. The van der Waals surface area contributed by atoms with Gasteiger partial charge in [-0.1, -0.05) is 24.3 Å². The first-order valence-electron chi connectivity index (χ1n) is 10.6. The number of amides is 1. The predicted octanol–water partition coefficient (Wildman–Crippen LogP) is 4.83. The summed E-state index contributed by atoms with van der Waals surface area (Å²) in [5, 5.41) is 7.02. The van der Waals surface area contributed by atoms with Gasteiger partial charge in [0.1, 0.15) is 0 Å². The Morgan fingerprint density at radius 1 is 0.893 bits per heavy atom. The topological polar surface area (TPSA) is 67.2 Å². The van der Waals surface area contributed by atoms with Crippen molar-refractivity contribution >= 4 is 23.0 Å². The summed E-state index contributed by atoms with van der Waals surface area (Å²) in [5.41, 5.74) is 9.60. The monoisotopic (exact) mass is 375 g/mol. The summed E-state index contributed by atoms with van der Waals surface area (Å²) in [5.74, 6) is 2.69. The SMILES string of the molecule is Nc1ccc(CC(=O)Nc2ccccc2NC23CC4CC(CC(C4)C2)C3)cc1. The lowest BCUT2D eigenvalue weighted by Crippen LogP contribution is -2.54. The van der Waals surface area contributed by atoms with Crippen LogP contribution < -0.4 is 16.4 Å². The van der Waals surface area contributed by atoms with E-state index in [0.717, 1.165) is 34.7 Å². The van der Waals surface area contributed by atoms with E-state index in [-0.39, 0.29) is 11.4 Å². The summed E-state index contributed by atoms with van der Waals surface area (Å²) in [6, 6.07) is 15.7. The molecule has 28 heavy (non-hydrogen) atoms. The number of carbonyl (C=O) groups is 1. The van der Waals surface area contributed by atoms with Crippen LogP contribution in [-0.4, -0.2) is 11.4 Å². The van der Waals surface area contributed by atoms with E-state index in [1.54, 1.807) is 0 Å². The second-order valence-corrected chi connectivity index (χ2v) is 9.34. The molecular weight excluding hydrogens is 346 g/mol. The molecule has 4 nitrogen and oxygen atoms in total. The number of nitrogen functional groups attached to an aromatic ring is 1. The van der Waals surface area contributed by atoms with Crippen molar-refractivity contribution in [1.82, 2.24) is 0 Å². The Bertz CT molecular complexity index is 838. The van der Waals surface area contributed by atoms with Gasteiger partial charge in [0.05, 0.1) is 17.8 Å². The van der Waals surface area contributed by atoms with Crippen LogP contribution in [0.3, 0.4) is 0 Å². The third kappa shape index (κ3) is 3.48. The molecule has 146 valence electrons. The Morgan fingerprint density at radius 3 is 2.07 bits per heavy atom. The largest absolute Gasteiger partial charge is 0.399 e. The molecule has 4 saturated carbocycles. The second-order valence-electron chi connectivity index (χ2n) is 9.34.